The van der Waals surface area contributed by atoms with E-state index < -0.39 is 15.1 Å². The van der Waals surface area contributed by atoms with Crippen LogP contribution in [0.25, 0.3) is 0 Å². The third-order valence-electron chi connectivity index (χ3n) is 5.13. The van der Waals surface area contributed by atoms with Crippen molar-refractivity contribution >= 4 is 27.3 Å². The summed E-state index contributed by atoms with van der Waals surface area (Å²) in [4.78, 5) is 28.3. The van der Waals surface area contributed by atoms with E-state index in [4.69, 9.17) is 0 Å². The summed E-state index contributed by atoms with van der Waals surface area (Å²) < 4.78 is 23.6. The molecule has 1 aromatic carbocycles. The molecule has 3 aliphatic rings. The van der Waals surface area contributed by atoms with E-state index in [0.717, 1.165) is 5.69 Å². The third-order valence-corrected chi connectivity index (χ3v) is 7.34. The number of rotatable bonds is 2. The van der Waals surface area contributed by atoms with Crippen LogP contribution < -0.4 is 4.90 Å². The maximum absolute atomic E-state index is 12.7. The highest BCUT2D eigenvalue weighted by molar-refractivity contribution is 7.92. The second kappa shape index (κ2) is 5.06. The number of carbonyl (C=O) groups is 2. The predicted molar refractivity (Wildman–Crippen MR) is 84.6 cm³/mol. The number of para-hydroxylation sites is 1. The second-order valence-corrected chi connectivity index (χ2v) is 8.90. The fraction of sp³-hybridized carbons (Fsp3) is 0.500. The van der Waals surface area contributed by atoms with Crippen molar-refractivity contribution in [3.63, 3.8) is 0 Å². The van der Waals surface area contributed by atoms with Crippen LogP contribution in [0.4, 0.5) is 5.69 Å². The molecule has 3 fully saturated rings. The zero-order chi connectivity index (χ0) is 16.2. The van der Waals surface area contributed by atoms with E-state index in [-0.39, 0.29) is 35.9 Å². The van der Waals surface area contributed by atoms with Gasteiger partial charge in [-0.3, -0.25) is 9.59 Å². The van der Waals surface area contributed by atoms with Gasteiger partial charge >= 0.3 is 0 Å². The van der Waals surface area contributed by atoms with E-state index in [1.54, 1.807) is 9.80 Å². The van der Waals surface area contributed by atoms with Crippen molar-refractivity contribution < 1.29 is 18.0 Å². The van der Waals surface area contributed by atoms with Crippen LogP contribution in [0.3, 0.4) is 0 Å². The summed E-state index contributed by atoms with van der Waals surface area (Å²) in [6.07, 6.45) is 0.755. The van der Waals surface area contributed by atoms with Gasteiger partial charge in [-0.05, 0) is 18.6 Å². The van der Waals surface area contributed by atoms with Gasteiger partial charge in [0.1, 0.15) is 0 Å². The number of amides is 2. The number of nitrogens with zero attached hydrogens (tertiary/aromatic N) is 2. The molecule has 0 aliphatic carbocycles. The third kappa shape index (κ3) is 2.34. The van der Waals surface area contributed by atoms with Crippen molar-refractivity contribution in [2.45, 2.75) is 24.1 Å². The van der Waals surface area contributed by atoms with Gasteiger partial charge in [0, 0.05) is 31.2 Å². The number of sulfone groups is 1. The van der Waals surface area contributed by atoms with Gasteiger partial charge in [0.25, 0.3) is 0 Å². The maximum Gasteiger partial charge on any atom is 0.228 e. The Labute approximate surface area is 135 Å². The lowest BCUT2D eigenvalue weighted by Crippen LogP contribution is -2.47. The summed E-state index contributed by atoms with van der Waals surface area (Å²) in [5.41, 5.74) is 0.804. The first-order chi connectivity index (χ1) is 11.0. The van der Waals surface area contributed by atoms with Crippen LogP contribution in [-0.4, -0.2) is 55.3 Å². The number of anilines is 1. The van der Waals surface area contributed by atoms with Gasteiger partial charge in [0.2, 0.25) is 11.8 Å². The summed E-state index contributed by atoms with van der Waals surface area (Å²) in [7, 11) is -3.01. The van der Waals surface area contributed by atoms with Crippen molar-refractivity contribution in [2.75, 3.05) is 23.7 Å². The molecule has 122 valence electrons. The van der Waals surface area contributed by atoms with Gasteiger partial charge in [-0.25, -0.2) is 8.42 Å². The highest BCUT2D eigenvalue weighted by atomic mass is 32.2. The highest BCUT2D eigenvalue weighted by Crippen LogP contribution is 2.35. The Kier molecular flexibility index (Phi) is 3.23. The zero-order valence-corrected chi connectivity index (χ0v) is 13.4. The average molecular weight is 334 g/mol. The molecule has 4 rings (SSSR count). The van der Waals surface area contributed by atoms with Gasteiger partial charge in [-0.2, -0.15) is 0 Å². The predicted octanol–water partition coefficient (Wildman–Crippen LogP) is 0.437. The molecule has 3 aliphatic heterocycles. The van der Waals surface area contributed by atoms with Crippen molar-refractivity contribution in [1.29, 1.82) is 0 Å². The minimum Gasteiger partial charge on any atom is -0.337 e. The summed E-state index contributed by atoms with van der Waals surface area (Å²) in [5, 5.41) is -0.404. The number of benzene rings is 1. The van der Waals surface area contributed by atoms with E-state index >= 15 is 0 Å². The fourth-order valence-corrected chi connectivity index (χ4v) is 5.96. The monoisotopic (exact) mass is 334 g/mol. The first-order valence-corrected chi connectivity index (χ1v) is 9.55. The Bertz CT molecular complexity index is 762. The van der Waals surface area contributed by atoms with Gasteiger partial charge in [-0.15, -0.1) is 0 Å². The lowest BCUT2D eigenvalue weighted by atomic mass is 10.1. The molecule has 3 saturated heterocycles. The van der Waals surface area contributed by atoms with Gasteiger partial charge in [-0.1, -0.05) is 18.2 Å². The lowest BCUT2D eigenvalue weighted by molar-refractivity contribution is -0.136. The molecule has 23 heavy (non-hydrogen) atoms. The maximum atomic E-state index is 12.7. The molecule has 0 aromatic heterocycles. The van der Waals surface area contributed by atoms with Crippen molar-refractivity contribution in [2.24, 2.45) is 5.92 Å². The minimum absolute atomic E-state index is 0.0495. The summed E-state index contributed by atoms with van der Waals surface area (Å²) in [6, 6.07) is 9.13. The normalized spacial score (nSPS) is 31.8. The van der Waals surface area contributed by atoms with E-state index in [9.17, 15) is 18.0 Å². The molecular formula is C16H18N2O4S. The largest absolute Gasteiger partial charge is 0.337 e. The van der Waals surface area contributed by atoms with E-state index in [0.29, 0.717) is 19.5 Å². The van der Waals surface area contributed by atoms with E-state index in [2.05, 4.69) is 0 Å². The first-order valence-electron chi connectivity index (χ1n) is 7.83. The number of hydrogen-bond acceptors (Lipinski definition) is 4. The van der Waals surface area contributed by atoms with Crippen molar-refractivity contribution in [1.82, 2.24) is 4.90 Å². The molecule has 3 atom stereocenters. The topological polar surface area (TPSA) is 74.8 Å². The van der Waals surface area contributed by atoms with Gasteiger partial charge in [0.15, 0.2) is 9.84 Å². The molecule has 0 spiro atoms. The molecule has 0 unspecified atom stereocenters. The number of hydrogen-bond donors (Lipinski definition) is 0. The molecule has 0 N–H and O–H groups in total. The quantitative estimate of drug-likeness (QED) is 0.786. The Morgan fingerprint density at radius 1 is 1.13 bits per heavy atom. The van der Waals surface area contributed by atoms with Gasteiger partial charge < -0.3 is 9.80 Å². The summed E-state index contributed by atoms with van der Waals surface area (Å²) >= 11 is 0. The number of carbonyl (C=O) groups excluding carboxylic acids is 2. The molecule has 3 heterocycles. The van der Waals surface area contributed by atoms with Crippen LogP contribution in [0, 0.1) is 5.92 Å². The summed E-state index contributed by atoms with van der Waals surface area (Å²) in [5.74, 6) is -0.414. The van der Waals surface area contributed by atoms with Crippen LogP contribution >= 0.6 is 0 Å². The standard InChI is InChI=1S/C16H18N2O4S/c19-15-6-11(8-17(15)12-4-2-1-3-5-12)16(20)18-9-14-7-13(18)10-23(14,21)22/h1-5,11,13-14H,6-10H2/t11-,13-,14+/m0/s1. The smallest absolute Gasteiger partial charge is 0.228 e. The molecular weight excluding hydrogens is 316 g/mol. The molecule has 2 amide bonds. The van der Waals surface area contributed by atoms with Crippen LogP contribution in [-0.2, 0) is 19.4 Å². The SMILES string of the molecule is O=C1C[C@H](C(=O)N2C[C@H]3C[C@H]2CS3(=O)=O)CN1c1ccccc1. The minimum atomic E-state index is -3.01. The number of fused-ring (bicyclic) bond motifs is 2. The second-order valence-electron chi connectivity index (χ2n) is 6.57. The van der Waals surface area contributed by atoms with Crippen LogP contribution in [0.15, 0.2) is 30.3 Å². The van der Waals surface area contributed by atoms with E-state index in [1.807, 2.05) is 30.3 Å². The Morgan fingerprint density at radius 2 is 1.87 bits per heavy atom. The Morgan fingerprint density at radius 3 is 2.48 bits per heavy atom. The lowest BCUT2D eigenvalue weighted by Gasteiger charge is -2.29. The first kappa shape index (κ1) is 14.7. The molecule has 6 nitrogen and oxygen atoms in total. The molecule has 7 heteroatoms. The van der Waals surface area contributed by atoms with E-state index in [1.165, 1.54) is 0 Å². The van der Waals surface area contributed by atoms with Crippen molar-refractivity contribution in [3.05, 3.63) is 30.3 Å². The van der Waals surface area contributed by atoms with Crippen LogP contribution in [0.2, 0.25) is 0 Å². The molecule has 2 bridgehead atoms. The highest BCUT2D eigenvalue weighted by Gasteiger charge is 2.51. The van der Waals surface area contributed by atoms with Crippen LogP contribution in [0.1, 0.15) is 12.8 Å². The Balaban J connectivity index is 1.48. The zero-order valence-electron chi connectivity index (χ0n) is 12.6. The van der Waals surface area contributed by atoms with Crippen molar-refractivity contribution in [3.8, 4) is 0 Å². The molecule has 0 saturated carbocycles. The summed E-state index contributed by atoms with van der Waals surface area (Å²) in [6.45, 7) is 0.671. The fourth-order valence-electron chi connectivity index (χ4n) is 3.93. The molecule has 1 aromatic rings. The number of likely N-dealkylation sites (tertiary alicyclic amines) is 1. The average Bonchev–Trinajstić information content (AvgIpc) is 3.18. The van der Waals surface area contributed by atoms with Crippen LogP contribution in [0.5, 0.6) is 0 Å². The molecule has 0 radical (unpaired) electrons. The Hall–Kier alpha value is -1.89. The van der Waals surface area contributed by atoms with Gasteiger partial charge in [0.05, 0.1) is 16.9 Å².